The van der Waals surface area contributed by atoms with E-state index in [0.717, 1.165) is 6.54 Å². The minimum atomic E-state index is 0.411. The first-order valence-corrected chi connectivity index (χ1v) is 8.25. The Bertz CT molecular complexity index is 593. The molecule has 1 heterocycles. The van der Waals surface area contributed by atoms with Gasteiger partial charge in [0.15, 0.2) is 0 Å². The highest BCUT2D eigenvalue weighted by atomic mass is 32.2. The highest BCUT2D eigenvalue weighted by molar-refractivity contribution is 7.99. The molecule has 0 fully saturated rings. The Morgan fingerprint density at radius 2 is 1.90 bits per heavy atom. The highest BCUT2D eigenvalue weighted by Crippen LogP contribution is 2.39. The lowest BCUT2D eigenvalue weighted by atomic mass is 9.99. The van der Waals surface area contributed by atoms with Gasteiger partial charge in [-0.05, 0) is 36.6 Å². The highest BCUT2D eigenvalue weighted by Gasteiger charge is 2.22. The van der Waals surface area contributed by atoms with Crippen LogP contribution in [0.4, 0.5) is 0 Å². The summed E-state index contributed by atoms with van der Waals surface area (Å²) in [6.45, 7) is 5.50. The average molecular weight is 283 g/mol. The SMILES string of the molecule is Cc1ccccc1C(C)NCC1CSc2ccccc21. The van der Waals surface area contributed by atoms with Crippen molar-refractivity contribution in [1.82, 2.24) is 5.32 Å². The van der Waals surface area contributed by atoms with Gasteiger partial charge in [0.1, 0.15) is 0 Å². The van der Waals surface area contributed by atoms with Gasteiger partial charge in [-0.25, -0.2) is 0 Å². The van der Waals surface area contributed by atoms with E-state index in [0.29, 0.717) is 12.0 Å². The zero-order valence-corrected chi connectivity index (χ0v) is 12.9. The molecule has 2 aromatic carbocycles. The van der Waals surface area contributed by atoms with Crippen molar-refractivity contribution in [3.63, 3.8) is 0 Å². The molecule has 0 amide bonds. The van der Waals surface area contributed by atoms with E-state index in [1.807, 2.05) is 11.8 Å². The molecule has 0 bridgehead atoms. The zero-order chi connectivity index (χ0) is 13.9. The number of nitrogens with one attached hydrogen (secondary N) is 1. The van der Waals surface area contributed by atoms with E-state index in [9.17, 15) is 0 Å². The van der Waals surface area contributed by atoms with Crippen molar-refractivity contribution in [3.05, 3.63) is 65.2 Å². The number of thioether (sulfide) groups is 1. The van der Waals surface area contributed by atoms with E-state index < -0.39 is 0 Å². The monoisotopic (exact) mass is 283 g/mol. The van der Waals surface area contributed by atoms with Crippen LogP contribution in [0.1, 0.15) is 35.6 Å². The second kappa shape index (κ2) is 6.02. The van der Waals surface area contributed by atoms with Crippen LogP contribution in [0.2, 0.25) is 0 Å². The molecule has 1 aliphatic heterocycles. The Kier molecular flexibility index (Phi) is 4.13. The Hall–Kier alpha value is -1.25. The van der Waals surface area contributed by atoms with Gasteiger partial charge >= 0.3 is 0 Å². The third kappa shape index (κ3) is 2.77. The van der Waals surface area contributed by atoms with Crippen LogP contribution < -0.4 is 5.32 Å². The minimum Gasteiger partial charge on any atom is -0.310 e. The van der Waals surface area contributed by atoms with Crippen LogP contribution >= 0.6 is 11.8 Å². The summed E-state index contributed by atoms with van der Waals surface area (Å²) >= 11 is 1.99. The van der Waals surface area contributed by atoms with Crippen LogP contribution in [0.15, 0.2) is 53.4 Å². The molecule has 2 unspecified atom stereocenters. The van der Waals surface area contributed by atoms with Gasteiger partial charge in [0.2, 0.25) is 0 Å². The van der Waals surface area contributed by atoms with E-state index in [1.54, 1.807) is 0 Å². The molecule has 0 aliphatic carbocycles. The molecular weight excluding hydrogens is 262 g/mol. The lowest BCUT2D eigenvalue weighted by Crippen LogP contribution is -2.25. The summed E-state index contributed by atoms with van der Waals surface area (Å²) in [6.07, 6.45) is 0. The molecule has 0 saturated carbocycles. The van der Waals surface area contributed by atoms with E-state index in [4.69, 9.17) is 0 Å². The molecule has 0 aromatic heterocycles. The predicted octanol–water partition coefficient (Wildman–Crippen LogP) is 4.54. The van der Waals surface area contributed by atoms with Crippen LogP contribution in [0.3, 0.4) is 0 Å². The van der Waals surface area contributed by atoms with Crippen molar-refractivity contribution in [3.8, 4) is 0 Å². The molecule has 1 N–H and O–H groups in total. The third-order valence-electron chi connectivity index (χ3n) is 4.12. The molecule has 0 radical (unpaired) electrons. The van der Waals surface area contributed by atoms with Crippen molar-refractivity contribution >= 4 is 11.8 Å². The number of hydrogen-bond acceptors (Lipinski definition) is 2. The summed E-state index contributed by atoms with van der Waals surface area (Å²) in [5, 5.41) is 3.71. The molecule has 20 heavy (non-hydrogen) atoms. The van der Waals surface area contributed by atoms with Gasteiger partial charge in [0.05, 0.1) is 0 Å². The number of rotatable bonds is 4. The Balaban J connectivity index is 1.65. The van der Waals surface area contributed by atoms with Gasteiger partial charge in [-0.15, -0.1) is 11.8 Å². The minimum absolute atomic E-state index is 0.411. The first-order valence-electron chi connectivity index (χ1n) is 7.26. The maximum absolute atomic E-state index is 3.71. The lowest BCUT2D eigenvalue weighted by molar-refractivity contribution is 0.539. The van der Waals surface area contributed by atoms with Crippen LogP contribution in [0.5, 0.6) is 0 Å². The van der Waals surface area contributed by atoms with Crippen LogP contribution in [0.25, 0.3) is 0 Å². The van der Waals surface area contributed by atoms with E-state index in [1.165, 1.54) is 27.3 Å². The number of fused-ring (bicyclic) bond motifs is 1. The standard InChI is InChI=1S/C18H21NS/c1-13-7-3-4-8-16(13)14(2)19-11-15-12-20-18-10-6-5-9-17(15)18/h3-10,14-15,19H,11-12H2,1-2H3. The maximum Gasteiger partial charge on any atom is 0.0294 e. The lowest BCUT2D eigenvalue weighted by Gasteiger charge is -2.19. The van der Waals surface area contributed by atoms with Gasteiger partial charge in [-0.1, -0.05) is 42.5 Å². The first kappa shape index (κ1) is 13.7. The van der Waals surface area contributed by atoms with E-state index in [2.05, 4.69) is 67.7 Å². The van der Waals surface area contributed by atoms with Gasteiger partial charge in [0, 0.05) is 29.2 Å². The summed E-state index contributed by atoms with van der Waals surface area (Å²) in [6, 6.07) is 17.9. The molecular formula is C18H21NS. The Morgan fingerprint density at radius 3 is 2.75 bits per heavy atom. The molecule has 0 saturated heterocycles. The fraction of sp³-hybridized carbons (Fsp3) is 0.333. The van der Waals surface area contributed by atoms with Crippen LogP contribution in [0, 0.1) is 6.92 Å². The maximum atomic E-state index is 3.71. The zero-order valence-electron chi connectivity index (χ0n) is 12.1. The topological polar surface area (TPSA) is 12.0 Å². The molecule has 2 heteroatoms. The number of benzene rings is 2. The summed E-state index contributed by atoms with van der Waals surface area (Å²) < 4.78 is 0. The molecule has 1 aliphatic rings. The first-order chi connectivity index (χ1) is 9.75. The molecule has 2 atom stereocenters. The van der Waals surface area contributed by atoms with Crippen LogP contribution in [-0.4, -0.2) is 12.3 Å². The van der Waals surface area contributed by atoms with Crippen molar-refractivity contribution in [1.29, 1.82) is 0 Å². The van der Waals surface area contributed by atoms with Crippen LogP contribution in [-0.2, 0) is 0 Å². The smallest absolute Gasteiger partial charge is 0.0294 e. The van der Waals surface area contributed by atoms with Crippen molar-refractivity contribution in [2.45, 2.75) is 30.7 Å². The molecule has 104 valence electrons. The van der Waals surface area contributed by atoms with Gasteiger partial charge in [-0.2, -0.15) is 0 Å². The summed E-state index contributed by atoms with van der Waals surface area (Å²) in [5.74, 6) is 1.84. The molecule has 0 spiro atoms. The number of hydrogen-bond donors (Lipinski definition) is 1. The fourth-order valence-electron chi connectivity index (χ4n) is 2.90. The second-order valence-corrected chi connectivity index (χ2v) is 6.59. The average Bonchev–Trinajstić information content (AvgIpc) is 2.88. The Morgan fingerprint density at radius 1 is 1.15 bits per heavy atom. The third-order valence-corrected chi connectivity index (χ3v) is 5.38. The summed E-state index contributed by atoms with van der Waals surface area (Å²) in [4.78, 5) is 1.46. The second-order valence-electron chi connectivity index (χ2n) is 5.53. The van der Waals surface area contributed by atoms with Crippen molar-refractivity contribution in [2.24, 2.45) is 0 Å². The fourth-order valence-corrected chi connectivity index (χ4v) is 4.15. The predicted molar refractivity (Wildman–Crippen MR) is 87.5 cm³/mol. The van der Waals surface area contributed by atoms with E-state index in [-0.39, 0.29) is 0 Å². The normalized spacial score (nSPS) is 18.8. The quantitative estimate of drug-likeness (QED) is 0.884. The van der Waals surface area contributed by atoms with Gasteiger partial charge in [0.25, 0.3) is 0 Å². The largest absolute Gasteiger partial charge is 0.310 e. The molecule has 3 rings (SSSR count). The Labute approximate surface area is 125 Å². The van der Waals surface area contributed by atoms with E-state index >= 15 is 0 Å². The summed E-state index contributed by atoms with van der Waals surface area (Å²) in [5.41, 5.74) is 4.29. The van der Waals surface area contributed by atoms with Gasteiger partial charge in [-0.3, -0.25) is 0 Å². The van der Waals surface area contributed by atoms with Gasteiger partial charge < -0.3 is 5.32 Å². The van der Waals surface area contributed by atoms with Crippen molar-refractivity contribution in [2.75, 3.05) is 12.3 Å². The molecule has 2 aromatic rings. The number of aryl methyl sites for hydroxylation is 1. The molecule has 1 nitrogen and oxygen atoms in total. The summed E-state index contributed by atoms with van der Waals surface area (Å²) in [7, 11) is 0. The van der Waals surface area contributed by atoms with Crippen molar-refractivity contribution < 1.29 is 0 Å².